The summed E-state index contributed by atoms with van der Waals surface area (Å²) in [6, 6.07) is 5.77. The molecule has 0 fully saturated rings. The first-order valence-corrected chi connectivity index (χ1v) is 10.7. The van der Waals surface area contributed by atoms with Crippen LogP contribution in [0.2, 0.25) is 0 Å². The Labute approximate surface area is 210 Å². The quantitative estimate of drug-likeness (QED) is 0.402. The summed E-state index contributed by atoms with van der Waals surface area (Å²) >= 11 is 0. The number of aromatic nitrogens is 4. The standard InChI is InChI=1S/C17H20N6O.2C2HF3O2/c1-4-14(24-9-1)11-22-7-3-8-23-13-21-15(16(23)12-22)10-20-17-18-5-2-6-19-17;2*3-2(4,5)1(6)7/h1-2,4-6,9,13H,3,7-8,10-12H2,(H,18,19,20);2*(H,6,7). The molecule has 208 valence electrons. The predicted octanol–water partition coefficient (Wildman–Crippen LogP) is 3.55. The van der Waals surface area contributed by atoms with E-state index in [-0.39, 0.29) is 0 Å². The molecule has 4 rings (SSSR count). The lowest BCUT2D eigenvalue weighted by Gasteiger charge is -2.18. The zero-order valence-corrected chi connectivity index (χ0v) is 19.4. The molecule has 0 spiro atoms. The molecule has 11 nitrogen and oxygen atoms in total. The molecule has 1 aliphatic heterocycles. The smallest absolute Gasteiger partial charge is 0.475 e. The summed E-state index contributed by atoms with van der Waals surface area (Å²) in [7, 11) is 0. The van der Waals surface area contributed by atoms with Gasteiger partial charge in [-0.3, -0.25) is 4.90 Å². The highest BCUT2D eigenvalue weighted by Gasteiger charge is 2.38. The predicted molar refractivity (Wildman–Crippen MR) is 116 cm³/mol. The number of hydrogen-bond donors (Lipinski definition) is 3. The van der Waals surface area contributed by atoms with Gasteiger partial charge < -0.3 is 24.5 Å². The first kappa shape index (κ1) is 30.1. The van der Waals surface area contributed by atoms with Gasteiger partial charge in [-0.05, 0) is 24.6 Å². The first-order chi connectivity index (χ1) is 17.8. The zero-order valence-electron chi connectivity index (χ0n) is 19.4. The van der Waals surface area contributed by atoms with Crippen LogP contribution in [0.4, 0.5) is 32.3 Å². The molecule has 0 aromatic carbocycles. The number of rotatable bonds is 5. The highest BCUT2D eigenvalue weighted by molar-refractivity contribution is 5.73. The molecule has 1 aliphatic rings. The second-order valence-electron chi connectivity index (χ2n) is 7.51. The van der Waals surface area contributed by atoms with Gasteiger partial charge in [0.05, 0.1) is 37.1 Å². The van der Waals surface area contributed by atoms with Crippen LogP contribution in [0.3, 0.4) is 0 Å². The molecule has 17 heteroatoms. The summed E-state index contributed by atoms with van der Waals surface area (Å²) in [6.45, 7) is 4.37. The molecule has 3 N–H and O–H groups in total. The molecule has 4 heterocycles. The van der Waals surface area contributed by atoms with Crippen LogP contribution >= 0.6 is 0 Å². The number of nitrogens with one attached hydrogen (secondary N) is 1. The Morgan fingerprint density at radius 1 is 0.974 bits per heavy atom. The number of aliphatic carboxylic acids is 2. The molecule has 0 atom stereocenters. The minimum absolute atomic E-state index is 0.625. The molecular weight excluding hydrogens is 530 g/mol. The number of hydrogen-bond acceptors (Lipinski definition) is 8. The van der Waals surface area contributed by atoms with Crippen LogP contribution in [-0.4, -0.2) is 65.5 Å². The van der Waals surface area contributed by atoms with Crippen LogP contribution in [0.5, 0.6) is 0 Å². The second kappa shape index (κ2) is 13.4. The van der Waals surface area contributed by atoms with Crippen molar-refractivity contribution >= 4 is 17.9 Å². The molecule has 3 aromatic rings. The Hall–Kier alpha value is -4.15. The van der Waals surface area contributed by atoms with E-state index >= 15 is 0 Å². The topological polar surface area (TPSA) is 147 Å². The van der Waals surface area contributed by atoms with Gasteiger partial charge in [0.25, 0.3) is 0 Å². The number of nitrogens with zero attached hydrogens (tertiary/aromatic N) is 5. The molecule has 3 aromatic heterocycles. The first-order valence-electron chi connectivity index (χ1n) is 10.7. The van der Waals surface area contributed by atoms with Crippen molar-refractivity contribution in [1.29, 1.82) is 0 Å². The van der Waals surface area contributed by atoms with Gasteiger partial charge in [-0.15, -0.1) is 0 Å². The van der Waals surface area contributed by atoms with Crippen LogP contribution in [-0.2, 0) is 35.8 Å². The largest absolute Gasteiger partial charge is 0.490 e. The van der Waals surface area contributed by atoms with E-state index in [2.05, 4.69) is 29.7 Å². The molecule has 0 unspecified atom stereocenters. The van der Waals surface area contributed by atoms with Crippen LogP contribution < -0.4 is 5.32 Å². The zero-order chi connectivity index (χ0) is 28.3. The summed E-state index contributed by atoms with van der Waals surface area (Å²) in [5.74, 6) is -3.89. The summed E-state index contributed by atoms with van der Waals surface area (Å²) in [5, 5.41) is 17.5. The summed E-state index contributed by atoms with van der Waals surface area (Å²) < 4.78 is 71.2. The second-order valence-corrected chi connectivity index (χ2v) is 7.51. The Morgan fingerprint density at radius 2 is 1.58 bits per heavy atom. The van der Waals surface area contributed by atoms with Crippen LogP contribution in [0, 0.1) is 0 Å². The van der Waals surface area contributed by atoms with Gasteiger partial charge in [-0.1, -0.05) is 0 Å². The van der Waals surface area contributed by atoms with E-state index in [1.165, 1.54) is 5.69 Å². The maximum Gasteiger partial charge on any atom is 0.490 e. The van der Waals surface area contributed by atoms with Crippen molar-refractivity contribution in [3.63, 3.8) is 0 Å². The van der Waals surface area contributed by atoms with Crippen LogP contribution in [0.15, 0.2) is 47.6 Å². The third-order valence-electron chi connectivity index (χ3n) is 4.70. The Kier molecular flexibility index (Phi) is 10.6. The molecule has 0 saturated heterocycles. The summed E-state index contributed by atoms with van der Waals surface area (Å²) in [5.41, 5.74) is 2.30. The monoisotopic (exact) mass is 552 g/mol. The van der Waals surface area contributed by atoms with E-state index in [1.54, 1.807) is 24.7 Å². The lowest BCUT2D eigenvalue weighted by Crippen LogP contribution is -2.23. The number of imidazole rings is 1. The Balaban J connectivity index is 0.000000301. The fraction of sp³-hybridized carbons (Fsp3) is 0.381. The SMILES string of the molecule is O=C(O)C(F)(F)F.O=C(O)C(F)(F)F.c1cnc(NCc2ncn3c2CN(Cc2ccco2)CCC3)nc1. The number of carbonyl (C=O) groups is 2. The molecule has 0 bridgehead atoms. The van der Waals surface area contributed by atoms with Gasteiger partial charge in [0, 0.05) is 32.0 Å². The van der Waals surface area contributed by atoms with Crippen molar-refractivity contribution < 1.29 is 50.6 Å². The van der Waals surface area contributed by atoms with Crippen molar-refractivity contribution in [2.45, 2.75) is 45.0 Å². The fourth-order valence-corrected chi connectivity index (χ4v) is 3.04. The summed E-state index contributed by atoms with van der Waals surface area (Å²) in [6.07, 6.45) is -1.93. The third kappa shape index (κ3) is 10.1. The van der Waals surface area contributed by atoms with Gasteiger partial charge in [0.2, 0.25) is 5.95 Å². The van der Waals surface area contributed by atoms with Gasteiger partial charge in [-0.25, -0.2) is 24.5 Å². The molecule has 0 saturated carbocycles. The number of alkyl halides is 6. The van der Waals surface area contributed by atoms with Crippen molar-refractivity contribution in [3.05, 3.63) is 60.3 Å². The van der Waals surface area contributed by atoms with Crippen molar-refractivity contribution in [3.8, 4) is 0 Å². The molecule has 0 aliphatic carbocycles. The van der Waals surface area contributed by atoms with Crippen molar-refractivity contribution in [2.75, 3.05) is 11.9 Å². The number of fused-ring (bicyclic) bond motifs is 1. The highest BCUT2D eigenvalue weighted by atomic mass is 19.4. The van der Waals surface area contributed by atoms with E-state index in [4.69, 9.17) is 24.2 Å². The van der Waals surface area contributed by atoms with Gasteiger partial charge in [-0.2, -0.15) is 26.3 Å². The Morgan fingerprint density at radius 3 is 2.11 bits per heavy atom. The number of furan rings is 1. The average Bonchev–Trinajstić information content (AvgIpc) is 3.43. The number of aryl methyl sites for hydroxylation is 1. The van der Waals surface area contributed by atoms with E-state index in [9.17, 15) is 26.3 Å². The van der Waals surface area contributed by atoms with Crippen LogP contribution in [0.1, 0.15) is 23.6 Å². The summed E-state index contributed by atoms with van der Waals surface area (Å²) in [4.78, 5) is 33.2. The van der Waals surface area contributed by atoms with E-state index in [1.807, 2.05) is 18.5 Å². The lowest BCUT2D eigenvalue weighted by molar-refractivity contribution is -0.193. The number of carboxylic acid groups (broad SMARTS) is 2. The maximum atomic E-state index is 10.6. The molecule has 0 amide bonds. The normalized spacial score (nSPS) is 13.6. The minimum Gasteiger partial charge on any atom is -0.475 e. The lowest BCUT2D eigenvalue weighted by atomic mass is 10.3. The van der Waals surface area contributed by atoms with Gasteiger partial charge >= 0.3 is 24.3 Å². The van der Waals surface area contributed by atoms with E-state index in [0.29, 0.717) is 12.5 Å². The maximum absolute atomic E-state index is 10.6. The van der Waals surface area contributed by atoms with Crippen LogP contribution in [0.25, 0.3) is 0 Å². The molecular formula is C21H22F6N6O5. The van der Waals surface area contributed by atoms with Gasteiger partial charge in [0.1, 0.15) is 5.76 Å². The molecule has 38 heavy (non-hydrogen) atoms. The van der Waals surface area contributed by atoms with Crippen molar-refractivity contribution in [2.24, 2.45) is 0 Å². The number of anilines is 1. The van der Waals surface area contributed by atoms with Gasteiger partial charge in [0.15, 0.2) is 0 Å². The van der Waals surface area contributed by atoms with E-state index in [0.717, 1.165) is 44.1 Å². The van der Waals surface area contributed by atoms with E-state index < -0.39 is 24.3 Å². The average molecular weight is 552 g/mol. The van der Waals surface area contributed by atoms with Crippen molar-refractivity contribution in [1.82, 2.24) is 24.4 Å². The Bertz CT molecular complexity index is 1130. The highest BCUT2D eigenvalue weighted by Crippen LogP contribution is 2.19. The minimum atomic E-state index is -5.08. The fourth-order valence-electron chi connectivity index (χ4n) is 3.04. The number of halogens is 6. The number of carboxylic acids is 2. The molecule has 0 radical (unpaired) electrons. The third-order valence-corrected chi connectivity index (χ3v) is 4.70.